The van der Waals surface area contributed by atoms with E-state index in [1.807, 2.05) is 10.7 Å². The number of rotatable bonds is 2. The van der Waals surface area contributed by atoms with Crippen LogP contribution in [0, 0.1) is 0 Å². The van der Waals surface area contributed by atoms with E-state index >= 15 is 0 Å². The predicted molar refractivity (Wildman–Crippen MR) is 78.1 cm³/mol. The molecule has 0 radical (unpaired) electrons. The molecule has 0 aliphatic heterocycles. The monoisotopic (exact) mass is 255 g/mol. The quantitative estimate of drug-likeness (QED) is 0.896. The summed E-state index contributed by atoms with van der Waals surface area (Å²) >= 11 is 0. The van der Waals surface area contributed by atoms with Gasteiger partial charge in [-0.25, -0.2) is 4.68 Å². The van der Waals surface area contributed by atoms with Crippen molar-refractivity contribution in [3.05, 3.63) is 47.2 Å². The van der Waals surface area contributed by atoms with Crippen molar-refractivity contribution in [3.8, 4) is 0 Å². The summed E-state index contributed by atoms with van der Waals surface area (Å²) in [6, 6.07) is 10.4. The Morgan fingerprint density at radius 2 is 2.00 bits per heavy atom. The first-order chi connectivity index (χ1) is 9.08. The summed E-state index contributed by atoms with van der Waals surface area (Å²) in [5.74, 6) is 0.851. The normalized spacial score (nSPS) is 17.2. The molecule has 1 aromatic heterocycles. The van der Waals surface area contributed by atoms with Crippen molar-refractivity contribution < 1.29 is 0 Å². The lowest BCUT2D eigenvalue weighted by Gasteiger charge is -2.29. The van der Waals surface area contributed by atoms with Crippen molar-refractivity contribution in [2.75, 3.05) is 5.73 Å². The molecule has 0 saturated carbocycles. The Labute approximate surface area is 114 Å². The lowest BCUT2D eigenvalue weighted by Crippen LogP contribution is -2.24. The number of aryl methyl sites for hydroxylation is 1. The third-order valence-corrected chi connectivity index (χ3v) is 4.13. The maximum Gasteiger partial charge on any atom is 0.126 e. The molecule has 1 aromatic carbocycles. The highest BCUT2D eigenvalue weighted by Gasteiger charge is 2.33. The van der Waals surface area contributed by atoms with Crippen LogP contribution < -0.4 is 5.73 Å². The molecule has 1 aliphatic rings. The van der Waals surface area contributed by atoms with Gasteiger partial charge in [-0.15, -0.1) is 0 Å². The van der Waals surface area contributed by atoms with Crippen molar-refractivity contribution in [1.29, 1.82) is 0 Å². The Kier molecular flexibility index (Phi) is 2.85. The van der Waals surface area contributed by atoms with Crippen LogP contribution in [0.2, 0.25) is 0 Å². The maximum atomic E-state index is 6.35. The van der Waals surface area contributed by atoms with Crippen molar-refractivity contribution in [2.45, 2.75) is 45.1 Å². The standard InChI is InChI=1S/C16H21N3/c1-16(2)10-6-9-13-14(16)15(17)19(18-13)11-12-7-4-3-5-8-12/h3-5,7-8H,6,9-11,17H2,1-2H3. The largest absolute Gasteiger partial charge is 0.384 e. The van der Waals surface area contributed by atoms with E-state index in [9.17, 15) is 0 Å². The second kappa shape index (κ2) is 4.41. The van der Waals surface area contributed by atoms with Crippen molar-refractivity contribution in [2.24, 2.45) is 0 Å². The third-order valence-electron chi connectivity index (χ3n) is 4.13. The Hall–Kier alpha value is -1.77. The van der Waals surface area contributed by atoms with Gasteiger partial charge < -0.3 is 5.73 Å². The van der Waals surface area contributed by atoms with E-state index in [-0.39, 0.29) is 5.41 Å². The summed E-state index contributed by atoms with van der Waals surface area (Å²) in [6.07, 6.45) is 3.47. The van der Waals surface area contributed by atoms with Gasteiger partial charge in [0.05, 0.1) is 12.2 Å². The number of aromatic nitrogens is 2. The van der Waals surface area contributed by atoms with Crippen LogP contribution >= 0.6 is 0 Å². The lowest BCUT2D eigenvalue weighted by atomic mass is 9.75. The van der Waals surface area contributed by atoms with Crippen LogP contribution in [0.25, 0.3) is 0 Å². The molecule has 3 rings (SSSR count). The van der Waals surface area contributed by atoms with E-state index in [1.165, 1.54) is 29.7 Å². The Balaban J connectivity index is 1.99. The SMILES string of the molecule is CC1(C)CCCc2nn(Cc3ccccc3)c(N)c21. The number of hydrogen-bond donors (Lipinski definition) is 1. The minimum Gasteiger partial charge on any atom is -0.384 e. The zero-order chi connectivity index (χ0) is 13.5. The van der Waals surface area contributed by atoms with Gasteiger partial charge in [0.2, 0.25) is 0 Å². The Morgan fingerprint density at radius 1 is 1.26 bits per heavy atom. The van der Waals surface area contributed by atoms with Crippen LogP contribution in [0.5, 0.6) is 0 Å². The number of nitrogen functional groups attached to an aromatic ring is 1. The minimum absolute atomic E-state index is 0.159. The molecule has 19 heavy (non-hydrogen) atoms. The van der Waals surface area contributed by atoms with Crippen LogP contribution in [0.15, 0.2) is 30.3 Å². The van der Waals surface area contributed by atoms with Gasteiger partial charge in [-0.1, -0.05) is 44.2 Å². The highest BCUT2D eigenvalue weighted by molar-refractivity contribution is 5.50. The molecule has 0 atom stereocenters. The molecule has 0 spiro atoms. The summed E-state index contributed by atoms with van der Waals surface area (Å²) in [4.78, 5) is 0. The van der Waals surface area contributed by atoms with E-state index in [4.69, 9.17) is 10.8 Å². The Bertz CT molecular complexity index is 582. The van der Waals surface area contributed by atoms with Crippen molar-refractivity contribution in [3.63, 3.8) is 0 Å². The van der Waals surface area contributed by atoms with Gasteiger partial charge in [-0.05, 0) is 30.2 Å². The molecular formula is C16H21N3. The fourth-order valence-electron chi connectivity index (χ4n) is 3.14. The molecular weight excluding hydrogens is 234 g/mol. The first-order valence-electron chi connectivity index (χ1n) is 6.97. The average Bonchev–Trinajstić information content (AvgIpc) is 2.68. The second-order valence-corrected chi connectivity index (χ2v) is 6.09. The molecule has 2 N–H and O–H groups in total. The molecule has 0 bridgehead atoms. The first-order valence-corrected chi connectivity index (χ1v) is 6.97. The molecule has 1 aliphatic carbocycles. The van der Waals surface area contributed by atoms with E-state index in [0.29, 0.717) is 0 Å². The average molecular weight is 255 g/mol. The summed E-state index contributed by atoms with van der Waals surface area (Å²) in [6.45, 7) is 5.31. The molecule has 0 fully saturated rings. The van der Waals surface area contributed by atoms with Gasteiger partial charge in [0, 0.05) is 5.56 Å². The van der Waals surface area contributed by atoms with Crippen LogP contribution in [0.1, 0.15) is 43.5 Å². The van der Waals surface area contributed by atoms with Crippen LogP contribution in [-0.4, -0.2) is 9.78 Å². The van der Waals surface area contributed by atoms with Gasteiger partial charge in [0.1, 0.15) is 5.82 Å². The van der Waals surface area contributed by atoms with Crippen LogP contribution in [0.3, 0.4) is 0 Å². The molecule has 100 valence electrons. The van der Waals surface area contributed by atoms with Crippen molar-refractivity contribution >= 4 is 5.82 Å². The summed E-state index contributed by atoms with van der Waals surface area (Å²) in [5, 5.41) is 4.73. The van der Waals surface area contributed by atoms with Gasteiger partial charge in [0.15, 0.2) is 0 Å². The topological polar surface area (TPSA) is 43.8 Å². The van der Waals surface area contributed by atoms with E-state index in [0.717, 1.165) is 18.8 Å². The lowest BCUT2D eigenvalue weighted by molar-refractivity contribution is 0.432. The smallest absolute Gasteiger partial charge is 0.126 e. The second-order valence-electron chi connectivity index (χ2n) is 6.09. The highest BCUT2D eigenvalue weighted by atomic mass is 15.3. The number of hydrogen-bond acceptors (Lipinski definition) is 2. The molecule has 2 aromatic rings. The third kappa shape index (κ3) is 2.14. The molecule has 0 saturated heterocycles. The van der Waals surface area contributed by atoms with Gasteiger partial charge >= 0.3 is 0 Å². The van der Waals surface area contributed by atoms with Crippen LogP contribution in [0.4, 0.5) is 5.82 Å². The van der Waals surface area contributed by atoms with Crippen molar-refractivity contribution in [1.82, 2.24) is 9.78 Å². The zero-order valence-electron chi connectivity index (χ0n) is 11.7. The van der Waals surface area contributed by atoms with Gasteiger partial charge in [-0.3, -0.25) is 0 Å². The zero-order valence-corrected chi connectivity index (χ0v) is 11.7. The molecule has 1 heterocycles. The first kappa shape index (κ1) is 12.3. The summed E-state index contributed by atoms with van der Waals surface area (Å²) in [5.41, 5.74) is 10.2. The summed E-state index contributed by atoms with van der Waals surface area (Å²) in [7, 11) is 0. The number of nitrogens with two attached hydrogens (primary N) is 1. The maximum absolute atomic E-state index is 6.35. The fourth-order valence-corrected chi connectivity index (χ4v) is 3.14. The highest BCUT2D eigenvalue weighted by Crippen LogP contribution is 2.39. The minimum atomic E-state index is 0.159. The van der Waals surface area contributed by atoms with Gasteiger partial charge in [-0.2, -0.15) is 5.10 Å². The van der Waals surface area contributed by atoms with E-state index < -0.39 is 0 Å². The number of benzene rings is 1. The Morgan fingerprint density at radius 3 is 2.68 bits per heavy atom. The molecule has 0 amide bonds. The molecule has 3 heteroatoms. The fraction of sp³-hybridized carbons (Fsp3) is 0.438. The van der Waals surface area contributed by atoms with E-state index in [2.05, 4.69) is 38.1 Å². The van der Waals surface area contributed by atoms with Gasteiger partial charge in [0.25, 0.3) is 0 Å². The van der Waals surface area contributed by atoms with Crippen LogP contribution in [-0.2, 0) is 18.4 Å². The van der Waals surface area contributed by atoms with E-state index in [1.54, 1.807) is 0 Å². The molecule has 3 nitrogen and oxygen atoms in total. The number of anilines is 1. The molecule has 0 unspecified atom stereocenters. The predicted octanol–water partition coefficient (Wildman–Crippen LogP) is 3.13. The number of fused-ring (bicyclic) bond motifs is 1. The summed E-state index contributed by atoms with van der Waals surface area (Å²) < 4.78 is 1.97. The number of nitrogens with zero attached hydrogens (tertiary/aromatic N) is 2.